The smallest absolute Gasteiger partial charge is 0.371 e. The molecule has 18 heavy (non-hydrogen) atoms. The first-order valence-corrected chi connectivity index (χ1v) is 6.16. The van der Waals surface area contributed by atoms with Crippen molar-refractivity contribution in [3.05, 3.63) is 29.7 Å². The zero-order chi connectivity index (χ0) is 13.3. The van der Waals surface area contributed by atoms with E-state index >= 15 is 0 Å². The monoisotopic (exact) mass is 272 g/mol. The van der Waals surface area contributed by atoms with E-state index in [4.69, 9.17) is 5.11 Å². The van der Waals surface area contributed by atoms with E-state index in [1.165, 1.54) is 6.07 Å². The van der Waals surface area contributed by atoms with Gasteiger partial charge in [-0.1, -0.05) is 5.16 Å². The molecule has 2 rings (SSSR count). The van der Waals surface area contributed by atoms with Crippen LogP contribution in [0.5, 0.6) is 0 Å². The first kappa shape index (κ1) is 12.2. The molecule has 0 fully saturated rings. The number of aromatic carboxylic acids is 1. The Kier molecular flexibility index (Phi) is 2.83. The molecule has 8 nitrogen and oxygen atoms in total. The fourth-order valence-corrected chi connectivity index (χ4v) is 2.10. The number of rotatable bonds is 4. The zero-order valence-electron chi connectivity index (χ0n) is 9.08. The Morgan fingerprint density at radius 3 is 2.67 bits per heavy atom. The van der Waals surface area contributed by atoms with E-state index in [0.717, 1.165) is 12.1 Å². The van der Waals surface area contributed by atoms with Crippen molar-refractivity contribution in [2.45, 2.75) is 12.0 Å². The fourth-order valence-electron chi connectivity index (χ4n) is 1.18. The Balaban J connectivity index is 2.27. The van der Waals surface area contributed by atoms with Gasteiger partial charge in [0.25, 0.3) is 10.0 Å². The number of nitrogens with one attached hydrogen (secondary N) is 1. The maximum absolute atomic E-state index is 11.8. The van der Waals surface area contributed by atoms with Crippen molar-refractivity contribution in [1.29, 1.82) is 0 Å². The Labute approximate surface area is 101 Å². The zero-order valence-corrected chi connectivity index (χ0v) is 9.89. The lowest BCUT2D eigenvalue weighted by atomic mass is 10.5. The molecule has 0 unspecified atom stereocenters. The number of carboxylic acid groups (broad SMARTS) is 1. The van der Waals surface area contributed by atoms with Gasteiger partial charge in [0.15, 0.2) is 5.82 Å². The van der Waals surface area contributed by atoms with Gasteiger partial charge in [0.2, 0.25) is 10.9 Å². The maximum atomic E-state index is 11.8. The van der Waals surface area contributed by atoms with E-state index in [1.54, 1.807) is 6.92 Å². The van der Waals surface area contributed by atoms with E-state index in [2.05, 4.69) is 18.8 Å². The third kappa shape index (κ3) is 2.35. The van der Waals surface area contributed by atoms with Crippen LogP contribution >= 0.6 is 0 Å². The van der Waals surface area contributed by atoms with Crippen LogP contribution in [0.25, 0.3) is 0 Å². The molecule has 0 spiro atoms. The predicted molar refractivity (Wildman–Crippen MR) is 57.7 cm³/mol. The number of aromatic nitrogens is 1. The standard InChI is InChI=1S/C9H8N2O6S/c1-5-4-7(10-17-5)11-18(14,15)8-3-2-6(16-8)9(12)13/h2-4H,1H3,(H,10,11)(H,12,13). The molecule has 0 aliphatic heterocycles. The van der Waals surface area contributed by atoms with Crippen LogP contribution in [0.15, 0.2) is 32.2 Å². The molecule has 0 aromatic carbocycles. The predicted octanol–water partition coefficient (Wildman–Crippen LogP) is 1.08. The van der Waals surface area contributed by atoms with Crippen LogP contribution in [-0.4, -0.2) is 24.7 Å². The third-order valence-electron chi connectivity index (χ3n) is 1.92. The van der Waals surface area contributed by atoms with Gasteiger partial charge < -0.3 is 14.0 Å². The van der Waals surface area contributed by atoms with Crippen LogP contribution in [0.2, 0.25) is 0 Å². The normalized spacial score (nSPS) is 11.4. The fraction of sp³-hybridized carbons (Fsp3) is 0.111. The summed E-state index contributed by atoms with van der Waals surface area (Å²) in [6.45, 7) is 1.60. The molecular formula is C9H8N2O6S. The van der Waals surface area contributed by atoms with Crippen molar-refractivity contribution in [1.82, 2.24) is 5.16 Å². The lowest BCUT2D eigenvalue weighted by Gasteiger charge is -2.00. The van der Waals surface area contributed by atoms with Gasteiger partial charge >= 0.3 is 5.97 Å². The minimum absolute atomic E-state index is 0.0132. The topological polar surface area (TPSA) is 123 Å². The first-order valence-electron chi connectivity index (χ1n) is 4.68. The quantitative estimate of drug-likeness (QED) is 0.853. The summed E-state index contributed by atoms with van der Waals surface area (Å²) < 4.78 is 35.0. The maximum Gasteiger partial charge on any atom is 0.371 e. The molecule has 0 saturated heterocycles. The minimum Gasteiger partial charge on any atom is -0.475 e. The van der Waals surface area contributed by atoms with Crippen LogP contribution in [-0.2, 0) is 10.0 Å². The van der Waals surface area contributed by atoms with Crippen LogP contribution in [0.1, 0.15) is 16.3 Å². The SMILES string of the molecule is Cc1cc(NS(=O)(=O)c2ccc(C(=O)O)o2)no1. The highest BCUT2D eigenvalue weighted by Gasteiger charge is 2.22. The number of furan rings is 1. The summed E-state index contributed by atoms with van der Waals surface area (Å²) in [5.74, 6) is -1.40. The van der Waals surface area contributed by atoms with Gasteiger partial charge in [0, 0.05) is 6.07 Å². The van der Waals surface area contributed by atoms with Gasteiger partial charge in [-0.2, -0.15) is 8.42 Å². The number of carboxylic acids is 1. The van der Waals surface area contributed by atoms with Gasteiger partial charge in [0.1, 0.15) is 5.76 Å². The first-order chi connectivity index (χ1) is 8.38. The molecule has 0 atom stereocenters. The molecule has 0 bridgehead atoms. The Bertz CT molecular complexity index is 683. The Morgan fingerprint density at radius 2 is 2.17 bits per heavy atom. The van der Waals surface area contributed by atoms with Crippen molar-refractivity contribution in [2.75, 3.05) is 4.72 Å². The second kappa shape index (κ2) is 4.18. The molecule has 2 aromatic heterocycles. The second-order valence-electron chi connectivity index (χ2n) is 3.35. The molecular weight excluding hydrogens is 264 g/mol. The van der Waals surface area contributed by atoms with Gasteiger partial charge in [-0.25, -0.2) is 4.79 Å². The number of hydrogen-bond acceptors (Lipinski definition) is 6. The van der Waals surface area contributed by atoms with E-state index in [0.29, 0.717) is 5.76 Å². The average molecular weight is 272 g/mol. The summed E-state index contributed by atoms with van der Waals surface area (Å²) in [5, 5.41) is 11.6. The number of carbonyl (C=O) groups is 1. The summed E-state index contributed by atoms with van der Waals surface area (Å²) in [7, 11) is -4.02. The molecule has 2 aromatic rings. The summed E-state index contributed by atoms with van der Waals surface area (Å²) in [6.07, 6.45) is 0. The van der Waals surface area contributed by atoms with Gasteiger partial charge in [-0.3, -0.25) is 4.72 Å². The highest BCUT2D eigenvalue weighted by molar-refractivity contribution is 7.92. The molecule has 9 heteroatoms. The average Bonchev–Trinajstić information content (AvgIpc) is 2.86. The summed E-state index contributed by atoms with van der Waals surface area (Å²) in [5.41, 5.74) is 0. The van der Waals surface area contributed by atoms with Gasteiger partial charge in [0.05, 0.1) is 0 Å². The number of hydrogen-bond donors (Lipinski definition) is 2. The Morgan fingerprint density at radius 1 is 1.44 bits per heavy atom. The number of aryl methyl sites for hydroxylation is 1. The Hall–Kier alpha value is -2.29. The number of nitrogens with zero attached hydrogens (tertiary/aromatic N) is 1. The molecule has 0 aliphatic rings. The van der Waals surface area contributed by atoms with Crippen molar-refractivity contribution in [2.24, 2.45) is 0 Å². The molecule has 2 N–H and O–H groups in total. The molecule has 0 saturated carbocycles. The van der Waals surface area contributed by atoms with Crippen molar-refractivity contribution < 1.29 is 27.3 Å². The highest BCUT2D eigenvalue weighted by atomic mass is 32.2. The summed E-state index contributed by atoms with van der Waals surface area (Å²) in [6, 6.07) is 3.46. The van der Waals surface area contributed by atoms with E-state index in [-0.39, 0.29) is 5.82 Å². The number of anilines is 1. The minimum atomic E-state index is -4.02. The molecule has 2 heterocycles. The lowest BCUT2D eigenvalue weighted by Crippen LogP contribution is -2.12. The molecule has 0 amide bonds. The van der Waals surface area contributed by atoms with E-state index in [9.17, 15) is 13.2 Å². The lowest BCUT2D eigenvalue weighted by molar-refractivity contribution is 0.0656. The summed E-state index contributed by atoms with van der Waals surface area (Å²) in [4.78, 5) is 10.6. The van der Waals surface area contributed by atoms with Crippen molar-refractivity contribution in [3.8, 4) is 0 Å². The largest absolute Gasteiger partial charge is 0.475 e. The van der Waals surface area contributed by atoms with Crippen molar-refractivity contribution in [3.63, 3.8) is 0 Å². The van der Waals surface area contributed by atoms with Crippen LogP contribution in [0, 0.1) is 6.92 Å². The van der Waals surface area contributed by atoms with Gasteiger partial charge in [-0.05, 0) is 19.1 Å². The third-order valence-corrected chi connectivity index (χ3v) is 3.15. The van der Waals surface area contributed by atoms with E-state index in [1.807, 2.05) is 0 Å². The molecule has 0 radical (unpaired) electrons. The van der Waals surface area contributed by atoms with Crippen LogP contribution < -0.4 is 4.72 Å². The van der Waals surface area contributed by atoms with Crippen molar-refractivity contribution >= 4 is 21.8 Å². The van der Waals surface area contributed by atoms with E-state index < -0.39 is 26.8 Å². The van der Waals surface area contributed by atoms with Crippen LogP contribution in [0.4, 0.5) is 5.82 Å². The molecule has 96 valence electrons. The number of sulfonamides is 1. The molecule has 0 aliphatic carbocycles. The highest BCUT2D eigenvalue weighted by Crippen LogP contribution is 2.18. The summed E-state index contributed by atoms with van der Waals surface area (Å²) >= 11 is 0. The van der Waals surface area contributed by atoms with Gasteiger partial charge in [-0.15, -0.1) is 0 Å². The van der Waals surface area contributed by atoms with Crippen LogP contribution in [0.3, 0.4) is 0 Å². The second-order valence-corrected chi connectivity index (χ2v) is 4.97.